The average Bonchev–Trinajstić information content (AvgIpc) is 3.19. The molecule has 1 aromatic carbocycles. The van der Waals surface area contributed by atoms with Gasteiger partial charge in [0.2, 0.25) is 16.0 Å². The zero-order chi connectivity index (χ0) is 20.3. The topological polar surface area (TPSA) is 96.5 Å². The highest BCUT2D eigenvalue weighted by atomic mass is 32.2. The number of nitrogens with zero attached hydrogens (tertiary/aromatic N) is 3. The second-order valence-electron chi connectivity index (χ2n) is 7.43. The van der Waals surface area contributed by atoms with Gasteiger partial charge in [-0.1, -0.05) is 0 Å². The Hall–Kier alpha value is -2.39. The Labute approximate surface area is 171 Å². The molecular weight excluding hydrogens is 390 g/mol. The number of piperidine rings is 1. The molecule has 2 aliphatic heterocycles. The van der Waals surface area contributed by atoms with Crippen molar-refractivity contribution in [1.29, 1.82) is 0 Å². The SMILES string of the molecule is Cc1cc(N2CCCCC2)nc(NCCNS(=O)(=O)c2ccc3c(c2)CCO3)n1. The van der Waals surface area contributed by atoms with Gasteiger partial charge in [-0.2, -0.15) is 4.98 Å². The fourth-order valence-electron chi connectivity index (χ4n) is 3.69. The number of ether oxygens (including phenoxy) is 1. The van der Waals surface area contributed by atoms with Crippen LogP contribution in [0.15, 0.2) is 29.2 Å². The normalized spacial score (nSPS) is 16.4. The minimum absolute atomic E-state index is 0.242. The predicted molar refractivity (Wildman–Crippen MR) is 112 cm³/mol. The van der Waals surface area contributed by atoms with Crippen molar-refractivity contribution in [3.8, 4) is 5.75 Å². The Balaban J connectivity index is 1.33. The van der Waals surface area contributed by atoms with Gasteiger partial charge in [0, 0.05) is 44.4 Å². The fraction of sp³-hybridized carbons (Fsp3) is 0.500. The van der Waals surface area contributed by atoms with Crippen molar-refractivity contribution >= 4 is 21.8 Å². The minimum atomic E-state index is -3.56. The summed E-state index contributed by atoms with van der Waals surface area (Å²) in [5.74, 6) is 2.23. The number of hydrogen-bond acceptors (Lipinski definition) is 7. The van der Waals surface area contributed by atoms with Crippen molar-refractivity contribution in [3.63, 3.8) is 0 Å². The Morgan fingerprint density at radius 3 is 2.76 bits per heavy atom. The van der Waals surface area contributed by atoms with E-state index in [1.807, 2.05) is 13.0 Å². The molecule has 0 amide bonds. The van der Waals surface area contributed by atoms with Gasteiger partial charge in [-0.05, 0) is 49.9 Å². The van der Waals surface area contributed by atoms with Gasteiger partial charge in [-0.3, -0.25) is 0 Å². The lowest BCUT2D eigenvalue weighted by Crippen LogP contribution is -2.31. The molecule has 0 saturated carbocycles. The second kappa shape index (κ2) is 8.54. The monoisotopic (exact) mass is 417 g/mol. The molecule has 29 heavy (non-hydrogen) atoms. The maximum atomic E-state index is 12.5. The van der Waals surface area contributed by atoms with Crippen LogP contribution in [0.5, 0.6) is 5.75 Å². The van der Waals surface area contributed by atoms with Crippen molar-refractivity contribution in [1.82, 2.24) is 14.7 Å². The molecule has 2 aliphatic rings. The molecule has 2 N–H and O–H groups in total. The van der Waals surface area contributed by atoms with Crippen LogP contribution in [0.25, 0.3) is 0 Å². The molecule has 0 radical (unpaired) electrons. The summed E-state index contributed by atoms with van der Waals surface area (Å²) in [6.07, 6.45) is 4.37. The maximum Gasteiger partial charge on any atom is 0.240 e. The molecule has 0 spiro atoms. The van der Waals surface area contributed by atoms with Crippen LogP contribution >= 0.6 is 0 Å². The van der Waals surface area contributed by atoms with Gasteiger partial charge in [0.25, 0.3) is 0 Å². The average molecular weight is 418 g/mol. The van der Waals surface area contributed by atoms with Crippen LogP contribution in [0.1, 0.15) is 30.5 Å². The highest BCUT2D eigenvalue weighted by Gasteiger charge is 2.19. The lowest BCUT2D eigenvalue weighted by molar-refractivity contribution is 0.356. The first kappa shape index (κ1) is 19.9. The number of hydrogen-bond donors (Lipinski definition) is 2. The zero-order valence-electron chi connectivity index (χ0n) is 16.6. The first-order valence-corrected chi connectivity index (χ1v) is 11.6. The smallest absolute Gasteiger partial charge is 0.240 e. The zero-order valence-corrected chi connectivity index (χ0v) is 17.5. The van der Waals surface area contributed by atoms with Crippen molar-refractivity contribution in [3.05, 3.63) is 35.5 Å². The van der Waals surface area contributed by atoms with Crippen LogP contribution < -0.4 is 19.7 Å². The Kier molecular flexibility index (Phi) is 5.86. The summed E-state index contributed by atoms with van der Waals surface area (Å²) < 4.78 is 33.1. The summed E-state index contributed by atoms with van der Waals surface area (Å²) in [6.45, 7) is 5.22. The summed E-state index contributed by atoms with van der Waals surface area (Å²) in [6, 6.07) is 6.98. The molecule has 156 valence electrons. The quantitative estimate of drug-likeness (QED) is 0.666. The van der Waals surface area contributed by atoms with Crippen LogP contribution in [0.3, 0.4) is 0 Å². The van der Waals surface area contributed by atoms with Gasteiger partial charge in [-0.15, -0.1) is 0 Å². The van der Waals surface area contributed by atoms with Crippen LogP contribution in [-0.2, 0) is 16.4 Å². The van der Waals surface area contributed by atoms with Gasteiger partial charge in [0.15, 0.2) is 0 Å². The standard InChI is InChI=1S/C20H27N5O3S/c1-15-13-19(25-10-3-2-4-11-25)24-20(23-15)21-8-9-22-29(26,27)17-5-6-18-16(14-17)7-12-28-18/h5-6,13-14,22H,2-4,7-12H2,1H3,(H,21,23,24). The van der Waals surface area contributed by atoms with Crippen LogP contribution in [-0.4, -0.2) is 51.2 Å². The van der Waals surface area contributed by atoms with E-state index in [4.69, 9.17) is 4.74 Å². The molecule has 0 bridgehead atoms. The van der Waals surface area contributed by atoms with E-state index in [0.717, 1.165) is 42.3 Å². The lowest BCUT2D eigenvalue weighted by Gasteiger charge is -2.28. The number of sulfonamides is 1. The third kappa shape index (κ3) is 4.79. The van der Waals surface area contributed by atoms with Crippen LogP contribution in [0.2, 0.25) is 0 Å². The van der Waals surface area contributed by atoms with E-state index in [-0.39, 0.29) is 11.4 Å². The third-order valence-electron chi connectivity index (χ3n) is 5.19. The Morgan fingerprint density at radius 1 is 1.10 bits per heavy atom. The molecule has 1 saturated heterocycles. The molecule has 0 unspecified atom stereocenters. The van der Waals surface area contributed by atoms with Crippen molar-refractivity contribution in [2.24, 2.45) is 0 Å². The van der Waals surface area contributed by atoms with Crippen molar-refractivity contribution < 1.29 is 13.2 Å². The Morgan fingerprint density at radius 2 is 1.93 bits per heavy atom. The third-order valence-corrected chi connectivity index (χ3v) is 6.65. The number of anilines is 2. The Bertz CT molecular complexity index is 974. The number of fused-ring (bicyclic) bond motifs is 1. The summed E-state index contributed by atoms with van der Waals surface area (Å²) in [4.78, 5) is 11.6. The molecule has 0 aliphatic carbocycles. The molecule has 4 rings (SSSR count). The van der Waals surface area contributed by atoms with Crippen LogP contribution in [0, 0.1) is 6.92 Å². The number of rotatable bonds is 7. The van der Waals surface area contributed by atoms with Crippen molar-refractivity contribution in [2.75, 3.05) is 43.0 Å². The van der Waals surface area contributed by atoms with E-state index in [1.54, 1.807) is 18.2 Å². The van der Waals surface area contributed by atoms with E-state index in [9.17, 15) is 8.42 Å². The van der Waals surface area contributed by atoms with Gasteiger partial charge < -0.3 is 15.0 Å². The second-order valence-corrected chi connectivity index (χ2v) is 9.20. The van der Waals surface area contributed by atoms with Gasteiger partial charge in [0.1, 0.15) is 11.6 Å². The fourth-order valence-corrected chi connectivity index (χ4v) is 4.77. The highest BCUT2D eigenvalue weighted by molar-refractivity contribution is 7.89. The predicted octanol–water partition coefficient (Wildman–Crippen LogP) is 2.10. The summed E-state index contributed by atoms with van der Waals surface area (Å²) >= 11 is 0. The molecule has 1 aromatic heterocycles. The van der Waals surface area contributed by atoms with Gasteiger partial charge >= 0.3 is 0 Å². The lowest BCUT2D eigenvalue weighted by atomic mass is 10.1. The number of nitrogens with one attached hydrogen (secondary N) is 2. The maximum absolute atomic E-state index is 12.5. The van der Waals surface area contributed by atoms with E-state index in [2.05, 4.69) is 24.9 Å². The van der Waals surface area contributed by atoms with E-state index >= 15 is 0 Å². The van der Waals surface area contributed by atoms with Crippen LogP contribution in [0.4, 0.5) is 11.8 Å². The highest BCUT2D eigenvalue weighted by Crippen LogP contribution is 2.27. The van der Waals surface area contributed by atoms with Crippen molar-refractivity contribution in [2.45, 2.75) is 37.5 Å². The van der Waals surface area contributed by atoms with E-state index in [1.165, 1.54) is 19.3 Å². The largest absolute Gasteiger partial charge is 0.493 e. The first-order chi connectivity index (χ1) is 14.0. The van der Waals surface area contributed by atoms with Gasteiger partial charge in [-0.25, -0.2) is 18.1 Å². The number of benzene rings is 1. The number of aryl methyl sites for hydroxylation is 1. The summed E-state index contributed by atoms with van der Waals surface area (Å²) in [5, 5.41) is 3.13. The molecule has 0 atom stereocenters. The van der Waals surface area contributed by atoms with E-state index < -0.39 is 10.0 Å². The summed E-state index contributed by atoms with van der Waals surface area (Å²) in [7, 11) is -3.56. The minimum Gasteiger partial charge on any atom is -0.493 e. The summed E-state index contributed by atoms with van der Waals surface area (Å²) in [5.41, 5.74) is 1.83. The molecule has 1 fully saturated rings. The first-order valence-electron chi connectivity index (χ1n) is 10.1. The molecule has 3 heterocycles. The molecule has 8 nitrogen and oxygen atoms in total. The number of aromatic nitrogens is 2. The van der Waals surface area contributed by atoms with Gasteiger partial charge in [0.05, 0.1) is 11.5 Å². The molecular formula is C20H27N5O3S. The molecule has 2 aromatic rings. The molecule has 9 heteroatoms. The van der Waals surface area contributed by atoms with E-state index in [0.29, 0.717) is 19.1 Å².